The fourth-order valence-corrected chi connectivity index (χ4v) is 4.45. The normalized spacial score (nSPS) is 20.7. The van der Waals surface area contributed by atoms with Gasteiger partial charge < -0.3 is 9.84 Å². The Kier molecular flexibility index (Phi) is 5.54. The zero-order chi connectivity index (χ0) is 21.4. The molecule has 1 aromatic heterocycles. The Morgan fingerprint density at radius 3 is 2.63 bits per heavy atom. The maximum Gasteiger partial charge on any atom is 0.341 e. The zero-order valence-corrected chi connectivity index (χ0v) is 17.8. The molecule has 1 amide bonds. The van der Waals surface area contributed by atoms with Crippen LogP contribution in [-0.4, -0.2) is 39.4 Å². The third-order valence-corrected chi connectivity index (χ3v) is 6.21. The van der Waals surface area contributed by atoms with Gasteiger partial charge in [0.05, 0.1) is 12.3 Å². The van der Waals surface area contributed by atoms with E-state index in [2.05, 4.69) is 12.0 Å². The van der Waals surface area contributed by atoms with Gasteiger partial charge >= 0.3 is 5.97 Å². The van der Waals surface area contributed by atoms with Gasteiger partial charge in [0.25, 0.3) is 0 Å². The maximum absolute atomic E-state index is 13.4. The quantitative estimate of drug-likeness (QED) is 0.802. The lowest BCUT2D eigenvalue weighted by atomic mass is 9.82. The molecule has 1 aliphatic heterocycles. The van der Waals surface area contributed by atoms with Crippen LogP contribution >= 0.6 is 0 Å². The monoisotopic (exact) mass is 411 g/mol. The molecular weight excluding hydrogens is 382 g/mol. The Bertz CT molecular complexity index is 957. The summed E-state index contributed by atoms with van der Waals surface area (Å²) >= 11 is 0. The molecule has 0 atom stereocenters. The van der Waals surface area contributed by atoms with Crippen molar-refractivity contribution < 1.29 is 19.4 Å². The number of rotatable bonds is 5. The van der Waals surface area contributed by atoms with Crippen molar-refractivity contribution in [2.24, 2.45) is 11.8 Å². The van der Waals surface area contributed by atoms with Gasteiger partial charge in [-0.3, -0.25) is 9.69 Å². The van der Waals surface area contributed by atoms with Crippen molar-refractivity contribution in [3.05, 3.63) is 35.5 Å². The molecule has 1 aliphatic carbocycles. The van der Waals surface area contributed by atoms with Gasteiger partial charge in [-0.1, -0.05) is 6.92 Å². The van der Waals surface area contributed by atoms with E-state index in [9.17, 15) is 14.7 Å². The fraction of sp³-hybridized carbons (Fsp3) is 0.522. The fourth-order valence-electron chi connectivity index (χ4n) is 4.45. The molecule has 0 bridgehead atoms. The number of fused-ring (bicyclic) bond motifs is 1. The summed E-state index contributed by atoms with van der Waals surface area (Å²) in [5.41, 5.74) is 1.88. The predicted molar refractivity (Wildman–Crippen MR) is 113 cm³/mol. The van der Waals surface area contributed by atoms with Gasteiger partial charge in [-0.25, -0.2) is 9.48 Å². The first-order valence-electron chi connectivity index (χ1n) is 10.8. The SMILES string of the molecule is CC1CCC(C(=O)N(c2nn(-c3ccc4c(c3)CCO4)cc2C(=O)O)C(C)C)CC1. The summed E-state index contributed by atoms with van der Waals surface area (Å²) in [6, 6.07) is 5.52. The lowest BCUT2D eigenvalue weighted by Gasteiger charge is -2.32. The van der Waals surface area contributed by atoms with E-state index >= 15 is 0 Å². The lowest BCUT2D eigenvalue weighted by molar-refractivity contribution is -0.123. The summed E-state index contributed by atoms with van der Waals surface area (Å²) in [6.07, 6.45) is 6.06. The second kappa shape index (κ2) is 8.13. The number of carboxylic acids is 1. The number of amides is 1. The Hall–Kier alpha value is -2.83. The van der Waals surface area contributed by atoms with E-state index in [0.29, 0.717) is 12.5 Å². The van der Waals surface area contributed by atoms with E-state index in [1.807, 2.05) is 32.0 Å². The summed E-state index contributed by atoms with van der Waals surface area (Å²) in [5.74, 6) is 0.531. The molecule has 0 unspecified atom stereocenters. The van der Waals surface area contributed by atoms with Gasteiger partial charge in [-0.2, -0.15) is 0 Å². The number of carbonyl (C=O) groups is 2. The molecule has 30 heavy (non-hydrogen) atoms. The molecule has 0 spiro atoms. The maximum atomic E-state index is 13.4. The number of carbonyl (C=O) groups excluding carboxylic acids is 1. The van der Waals surface area contributed by atoms with Crippen LogP contribution in [0.4, 0.5) is 5.82 Å². The number of hydrogen-bond donors (Lipinski definition) is 1. The van der Waals surface area contributed by atoms with E-state index in [4.69, 9.17) is 4.74 Å². The third kappa shape index (κ3) is 3.80. The van der Waals surface area contributed by atoms with E-state index in [-0.39, 0.29) is 29.2 Å². The minimum Gasteiger partial charge on any atom is -0.493 e. The first-order valence-corrected chi connectivity index (χ1v) is 10.8. The topological polar surface area (TPSA) is 84.7 Å². The van der Waals surface area contributed by atoms with Crippen molar-refractivity contribution >= 4 is 17.7 Å². The number of anilines is 1. The molecule has 1 saturated carbocycles. The number of carboxylic acid groups (broad SMARTS) is 1. The first kappa shape index (κ1) is 20.4. The van der Waals surface area contributed by atoms with Crippen LogP contribution < -0.4 is 9.64 Å². The highest BCUT2D eigenvalue weighted by Crippen LogP contribution is 2.33. The number of hydrogen-bond acceptors (Lipinski definition) is 4. The highest BCUT2D eigenvalue weighted by Gasteiger charge is 2.34. The van der Waals surface area contributed by atoms with E-state index in [1.165, 1.54) is 6.20 Å². The van der Waals surface area contributed by atoms with Crippen LogP contribution in [-0.2, 0) is 11.2 Å². The number of ether oxygens (including phenoxy) is 1. The van der Waals surface area contributed by atoms with Gasteiger partial charge in [0.1, 0.15) is 11.3 Å². The predicted octanol–water partition coefficient (Wildman–Crippen LogP) is 4.07. The largest absolute Gasteiger partial charge is 0.493 e. The van der Waals surface area contributed by atoms with E-state index < -0.39 is 5.97 Å². The molecule has 2 heterocycles. The molecule has 2 aliphatic rings. The van der Waals surface area contributed by atoms with Crippen LogP contribution in [0.15, 0.2) is 24.4 Å². The average molecular weight is 412 g/mol. The van der Waals surface area contributed by atoms with Crippen LogP contribution in [0.25, 0.3) is 5.69 Å². The van der Waals surface area contributed by atoms with Crippen LogP contribution in [0.1, 0.15) is 62.4 Å². The zero-order valence-electron chi connectivity index (χ0n) is 17.8. The second-order valence-corrected chi connectivity index (χ2v) is 8.77. The molecule has 1 fully saturated rings. The van der Waals surface area contributed by atoms with Crippen molar-refractivity contribution in [2.75, 3.05) is 11.5 Å². The van der Waals surface area contributed by atoms with Crippen LogP contribution in [0.3, 0.4) is 0 Å². The summed E-state index contributed by atoms with van der Waals surface area (Å²) in [7, 11) is 0. The van der Waals surface area contributed by atoms with Gasteiger partial charge in [-0.05, 0) is 69.2 Å². The lowest BCUT2D eigenvalue weighted by Crippen LogP contribution is -2.43. The average Bonchev–Trinajstić information content (AvgIpc) is 3.35. The molecule has 7 nitrogen and oxygen atoms in total. The van der Waals surface area contributed by atoms with Crippen molar-refractivity contribution in [1.82, 2.24) is 9.78 Å². The molecule has 1 N–H and O–H groups in total. The molecule has 0 radical (unpaired) electrons. The van der Waals surface area contributed by atoms with Gasteiger partial charge in [0.2, 0.25) is 5.91 Å². The first-order chi connectivity index (χ1) is 14.3. The van der Waals surface area contributed by atoms with Crippen molar-refractivity contribution in [2.45, 2.75) is 58.9 Å². The third-order valence-electron chi connectivity index (χ3n) is 6.21. The van der Waals surface area contributed by atoms with Crippen LogP contribution in [0.5, 0.6) is 5.75 Å². The summed E-state index contributed by atoms with van der Waals surface area (Å²) in [4.78, 5) is 27.0. The van der Waals surface area contributed by atoms with Crippen molar-refractivity contribution in [1.29, 1.82) is 0 Å². The highest BCUT2D eigenvalue weighted by atomic mass is 16.5. The summed E-state index contributed by atoms with van der Waals surface area (Å²) < 4.78 is 7.11. The van der Waals surface area contributed by atoms with E-state index in [0.717, 1.165) is 49.1 Å². The summed E-state index contributed by atoms with van der Waals surface area (Å²) in [6.45, 7) is 6.67. The van der Waals surface area contributed by atoms with Crippen LogP contribution in [0, 0.1) is 11.8 Å². The Labute approximate surface area is 176 Å². The van der Waals surface area contributed by atoms with Crippen LogP contribution in [0.2, 0.25) is 0 Å². The Balaban J connectivity index is 1.70. The molecule has 2 aromatic rings. The van der Waals surface area contributed by atoms with Gasteiger partial charge in [0, 0.05) is 24.6 Å². The molecule has 7 heteroatoms. The number of benzene rings is 1. The van der Waals surface area contributed by atoms with Crippen molar-refractivity contribution in [3.63, 3.8) is 0 Å². The minimum atomic E-state index is -1.09. The van der Waals surface area contributed by atoms with Gasteiger partial charge in [-0.15, -0.1) is 5.10 Å². The molecule has 4 rings (SSSR count). The molecular formula is C23H29N3O4. The Morgan fingerprint density at radius 1 is 1.23 bits per heavy atom. The number of aromatic nitrogens is 2. The minimum absolute atomic E-state index is 0.0213. The molecule has 1 aromatic carbocycles. The number of nitrogens with zero attached hydrogens (tertiary/aromatic N) is 3. The van der Waals surface area contributed by atoms with Crippen molar-refractivity contribution in [3.8, 4) is 11.4 Å². The van der Waals surface area contributed by atoms with Gasteiger partial charge in [0.15, 0.2) is 5.82 Å². The second-order valence-electron chi connectivity index (χ2n) is 8.77. The Morgan fingerprint density at radius 2 is 1.97 bits per heavy atom. The van der Waals surface area contributed by atoms with E-state index in [1.54, 1.807) is 9.58 Å². The summed E-state index contributed by atoms with van der Waals surface area (Å²) in [5, 5.41) is 14.4. The standard InChI is InChI=1S/C23H29N3O4/c1-14(2)26(22(27)16-6-4-15(3)5-7-16)21-19(23(28)29)13-25(24-21)18-8-9-20-17(12-18)10-11-30-20/h8-9,12-16H,4-7,10-11H2,1-3H3,(H,28,29). The number of aromatic carboxylic acids is 1. The molecule has 160 valence electrons. The highest BCUT2D eigenvalue weighted by molar-refractivity contribution is 6.01. The smallest absolute Gasteiger partial charge is 0.341 e. The molecule has 0 saturated heterocycles.